The fourth-order valence-corrected chi connectivity index (χ4v) is 2.84. The highest BCUT2D eigenvalue weighted by molar-refractivity contribution is 5.99. The number of hydrogen-bond donors (Lipinski definition) is 1. The molecule has 8 nitrogen and oxygen atoms in total. The summed E-state index contributed by atoms with van der Waals surface area (Å²) in [7, 11) is 1.44. The van der Waals surface area contributed by atoms with Gasteiger partial charge >= 0.3 is 0 Å². The molecule has 1 aromatic carbocycles. The van der Waals surface area contributed by atoms with Crippen LogP contribution in [0.3, 0.4) is 0 Å². The van der Waals surface area contributed by atoms with Crippen LogP contribution in [-0.4, -0.2) is 49.1 Å². The third-order valence-electron chi connectivity index (χ3n) is 4.24. The molecule has 1 amide bonds. The Balaban J connectivity index is 2.33. The first-order valence-corrected chi connectivity index (χ1v) is 8.00. The molecule has 0 aromatic heterocycles. The second kappa shape index (κ2) is 7.96. The largest absolute Gasteiger partial charge is 0.493 e. The lowest BCUT2D eigenvalue weighted by atomic mass is 9.96. The molecule has 1 heterocycles. The molecule has 2 rings (SSSR count). The molecule has 8 heteroatoms. The molecule has 0 radical (unpaired) electrons. The Bertz CT molecular complexity index is 612. The van der Waals surface area contributed by atoms with Crippen LogP contribution in [0.4, 0.5) is 5.69 Å². The van der Waals surface area contributed by atoms with Crippen molar-refractivity contribution in [3.63, 3.8) is 0 Å². The van der Waals surface area contributed by atoms with E-state index in [9.17, 15) is 14.9 Å². The number of nitro benzene ring substituents is 1. The first-order chi connectivity index (χ1) is 11.5. The van der Waals surface area contributed by atoms with E-state index in [1.807, 2.05) is 0 Å². The van der Waals surface area contributed by atoms with Gasteiger partial charge in [0.15, 0.2) is 11.5 Å². The molecule has 0 bridgehead atoms. The molecule has 132 valence electrons. The molecule has 24 heavy (non-hydrogen) atoms. The number of hydrogen-bond acceptors (Lipinski definition) is 6. The van der Waals surface area contributed by atoms with Crippen molar-refractivity contribution < 1.29 is 19.2 Å². The molecule has 0 spiro atoms. The third-order valence-corrected chi connectivity index (χ3v) is 4.24. The van der Waals surface area contributed by atoms with Gasteiger partial charge in [-0.2, -0.15) is 0 Å². The van der Waals surface area contributed by atoms with E-state index in [4.69, 9.17) is 15.2 Å². The number of ether oxygens (including phenoxy) is 2. The van der Waals surface area contributed by atoms with Crippen molar-refractivity contribution in [1.29, 1.82) is 0 Å². The molecule has 2 N–H and O–H groups in total. The molecule has 1 aliphatic heterocycles. The van der Waals surface area contributed by atoms with Crippen molar-refractivity contribution in [1.82, 2.24) is 4.90 Å². The lowest BCUT2D eigenvalue weighted by Crippen LogP contribution is -2.40. The molecule has 1 saturated heterocycles. The van der Waals surface area contributed by atoms with Gasteiger partial charge < -0.3 is 20.1 Å². The Kier molecular flexibility index (Phi) is 5.97. The monoisotopic (exact) mass is 337 g/mol. The van der Waals surface area contributed by atoms with Gasteiger partial charge in [0.25, 0.3) is 11.6 Å². The summed E-state index contributed by atoms with van der Waals surface area (Å²) >= 11 is 0. The normalized spacial score (nSPS) is 15.2. The number of nitrogens with two attached hydrogens (primary N) is 1. The van der Waals surface area contributed by atoms with Crippen LogP contribution >= 0.6 is 0 Å². The third kappa shape index (κ3) is 3.76. The van der Waals surface area contributed by atoms with Crippen LogP contribution < -0.4 is 15.2 Å². The van der Waals surface area contributed by atoms with Gasteiger partial charge in [-0.25, -0.2) is 0 Å². The minimum Gasteiger partial charge on any atom is -0.493 e. The predicted molar refractivity (Wildman–Crippen MR) is 88.5 cm³/mol. The van der Waals surface area contributed by atoms with Crippen LogP contribution in [-0.2, 0) is 0 Å². The highest BCUT2D eigenvalue weighted by Gasteiger charge is 2.30. The van der Waals surface area contributed by atoms with E-state index < -0.39 is 4.92 Å². The number of carbonyl (C=O) groups is 1. The number of carbonyl (C=O) groups excluding carboxylic acids is 1. The smallest absolute Gasteiger partial charge is 0.286 e. The van der Waals surface area contributed by atoms with E-state index in [1.54, 1.807) is 11.8 Å². The van der Waals surface area contributed by atoms with Gasteiger partial charge in [0.2, 0.25) is 0 Å². The predicted octanol–water partition coefficient (Wildman–Crippen LogP) is 1.81. The summed E-state index contributed by atoms with van der Waals surface area (Å²) in [5, 5.41) is 11.4. The van der Waals surface area contributed by atoms with E-state index in [2.05, 4.69) is 0 Å². The fourth-order valence-electron chi connectivity index (χ4n) is 2.84. The van der Waals surface area contributed by atoms with Gasteiger partial charge in [-0.1, -0.05) is 0 Å². The van der Waals surface area contributed by atoms with Crippen molar-refractivity contribution in [3.8, 4) is 11.5 Å². The number of methoxy groups -OCH3 is 1. The molecule has 1 fully saturated rings. The standard InChI is InChI=1S/C16H23N3O5/c1-3-24-15-9-13(19(21)22)12(8-14(15)23-2)16(20)18-6-4-11(10-17)5-7-18/h8-9,11H,3-7,10,17H2,1-2H3. The summed E-state index contributed by atoms with van der Waals surface area (Å²) in [5.41, 5.74) is 5.41. The van der Waals surface area contributed by atoms with Crippen molar-refractivity contribution in [2.75, 3.05) is 33.4 Å². The van der Waals surface area contributed by atoms with Gasteiger partial charge in [0.05, 0.1) is 24.7 Å². The minimum atomic E-state index is -0.568. The maximum atomic E-state index is 12.8. The minimum absolute atomic E-state index is 0.0199. The second-order valence-electron chi connectivity index (χ2n) is 5.68. The average Bonchev–Trinajstić information content (AvgIpc) is 2.61. The molecule has 0 aliphatic carbocycles. The van der Waals surface area contributed by atoms with Crippen LogP contribution in [0.15, 0.2) is 12.1 Å². The number of rotatable bonds is 6. The molecule has 0 saturated carbocycles. The van der Waals surface area contributed by atoms with Crippen molar-refractivity contribution >= 4 is 11.6 Å². The zero-order valence-electron chi connectivity index (χ0n) is 14.0. The Morgan fingerprint density at radius 3 is 2.54 bits per heavy atom. The number of amides is 1. The molecular formula is C16H23N3O5. The lowest BCUT2D eigenvalue weighted by Gasteiger charge is -2.31. The van der Waals surface area contributed by atoms with Crippen LogP contribution in [0, 0.1) is 16.0 Å². The first-order valence-electron chi connectivity index (χ1n) is 8.00. The maximum absolute atomic E-state index is 12.8. The SMILES string of the molecule is CCOc1cc([N+](=O)[O-])c(C(=O)N2CCC(CN)CC2)cc1OC. The Morgan fingerprint density at radius 2 is 2.04 bits per heavy atom. The van der Waals surface area contributed by atoms with E-state index >= 15 is 0 Å². The van der Waals surface area contributed by atoms with Crippen molar-refractivity contribution in [2.45, 2.75) is 19.8 Å². The first kappa shape index (κ1) is 18.0. The van der Waals surface area contributed by atoms with Gasteiger partial charge in [-0.3, -0.25) is 14.9 Å². The number of nitrogens with zero attached hydrogens (tertiary/aromatic N) is 2. The second-order valence-corrected chi connectivity index (χ2v) is 5.68. The highest BCUT2D eigenvalue weighted by Crippen LogP contribution is 2.35. The summed E-state index contributed by atoms with van der Waals surface area (Å²) in [6.07, 6.45) is 1.62. The number of nitro groups is 1. The summed E-state index contributed by atoms with van der Waals surface area (Å²) < 4.78 is 10.6. The summed E-state index contributed by atoms with van der Waals surface area (Å²) in [6, 6.07) is 2.64. The Hall–Kier alpha value is -2.35. The number of piperidine rings is 1. The zero-order chi connectivity index (χ0) is 17.7. The Morgan fingerprint density at radius 1 is 1.38 bits per heavy atom. The van der Waals surface area contributed by atoms with Crippen LogP contribution in [0.25, 0.3) is 0 Å². The topological polar surface area (TPSA) is 108 Å². The zero-order valence-corrected chi connectivity index (χ0v) is 14.0. The van der Waals surface area contributed by atoms with Gasteiger partial charge in [0.1, 0.15) is 5.56 Å². The van der Waals surface area contributed by atoms with Crippen LogP contribution in [0.2, 0.25) is 0 Å². The van der Waals surface area contributed by atoms with Crippen molar-refractivity contribution in [2.24, 2.45) is 11.7 Å². The molecule has 1 aromatic rings. The van der Waals surface area contributed by atoms with E-state index in [1.165, 1.54) is 19.2 Å². The Labute approximate surface area is 140 Å². The van der Waals surface area contributed by atoms with E-state index in [0.29, 0.717) is 37.9 Å². The van der Waals surface area contributed by atoms with Crippen molar-refractivity contribution in [3.05, 3.63) is 27.8 Å². The lowest BCUT2D eigenvalue weighted by molar-refractivity contribution is -0.385. The van der Waals surface area contributed by atoms with Crippen LogP contribution in [0.5, 0.6) is 11.5 Å². The quantitative estimate of drug-likeness (QED) is 0.626. The van der Waals surface area contributed by atoms with E-state index in [-0.39, 0.29) is 22.9 Å². The molecule has 1 aliphatic rings. The molecular weight excluding hydrogens is 314 g/mol. The number of benzene rings is 1. The van der Waals surface area contributed by atoms with Crippen LogP contribution in [0.1, 0.15) is 30.1 Å². The van der Waals surface area contributed by atoms with Gasteiger partial charge in [-0.15, -0.1) is 0 Å². The fraction of sp³-hybridized carbons (Fsp3) is 0.562. The van der Waals surface area contributed by atoms with Gasteiger partial charge in [-0.05, 0) is 32.2 Å². The maximum Gasteiger partial charge on any atom is 0.286 e. The highest BCUT2D eigenvalue weighted by atomic mass is 16.6. The summed E-state index contributed by atoms with van der Waals surface area (Å²) in [6.45, 7) is 3.80. The van der Waals surface area contributed by atoms with E-state index in [0.717, 1.165) is 12.8 Å². The summed E-state index contributed by atoms with van der Waals surface area (Å²) in [5.74, 6) is 0.602. The summed E-state index contributed by atoms with van der Waals surface area (Å²) in [4.78, 5) is 25.2. The van der Waals surface area contributed by atoms with Gasteiger partial charge in [0, 0.05) is 19.2 Å². The average molecular weight is 337 g/mol. The molecule has 0 atom stereocenters. The number of likely N-dealkylation sites (tertiary alicyclic amines) is 1. The molecule has 0 unspecified atom stereocenters.